The molecule has 0 saturated carbocycles. The van der Waals surface area contributed by atoms with Crippen molar-refractivity contribution in [3.63, 3.8) is 0 Å². The van der Waals surface area contributed by atoms with Crippen LogP contribution >= 0.6 is 0 Å². The van der Waals surface area contributed by atoms with Crippen LogP contribution < -0.4 is 5.73 Å². The number of fused-ring (bicyclic) bond motifs is 1. The Morgan fingerprint density at radius 1 is 1.45 bits per heavy atom. The first-order chi connectivity index (χ1) is 9.45. The predicted octanol–water partition coefficient (Wildman–Crippen LogP) is 1.78. The Hall–Kier alpha value is -2.01. The smallest absolute Gasteiger partial charge is 0.306 e. The Labute approximate surface area is 117 Å². The highest BCUT2D eigenvalue weighted by Crippen LogP contribution is 2.30. The molecule has 5 nitrogen and oxygen atoms in total. The Morgan fingerprint density at radius 2 is 2.15 bits per heavy atom. The summed E-state index contributed by atoms with van der Waals surface area (Å²) in [7, 11) is 1.92. The number of hydrogen-bond acceptors (Lipinski definition) is 3. The molecule has 0 saturated heterocycles. The largest absolute Gasteiger partial charge is 0.508 e. The van der Waals surface area contributed by atoms with E-state index in [4.69, 9.17) is 5.73 Å². The lowest BCUT2D eigenvalue weighted by Gasteiger charge is -2.11. The van der Waals surface area contributed by atoms with Gasteiger partial charge in [-0.3, -0.25) is 4.79 Å². The number of benzene rings is 1. The number of hydrogen-bond donors (Lipinski definition) is 3. The van der Waals surface area contributed by atoms with Gasteiger partial charge >= 0.3 is 5.97 Å². The van der Waals surface area contributed by atoms with Crippen LogP contribution in [0.5, 0.6) is 5.75 Å². The van der Waals surface area contributed by atoms with E-state index in [1.807, 2.05) is 24.6 Å². The minimum Gasteiger partial charge on any atom is -0.508 e. The lowest BCUT2D eigenvalue weighted by molar-refractivity contribution is -0.141. The van der Waals surface area contributed by atoms with Gasteiger partial charge in [0.1, 0.15) is 5.75 Å². The summed E-state index contributed by atoms with van der Waals surface area (Å²) >= 11 is 0. The first-order valence-corrected chi connectivity index (χ1v) is 6.65. The Balaban J connectivity index is 2.48. The van der Waals surface area contributed by atoms with Crippen LogP contribution in [0.2, 0.25) is 0 Å². The van der Waals surface area contributed by atoms with Crippen molar-refractivity contribution in [3.05, 3.63) is 29.5 Å². The van der Waals surface area contributed by atoms with Crippen molar-refractivity contribution in [3.8, 4) is 5.75 Å². The average Bonchev–Trinajstić information content (AvgIpc) is 2.63. The molecule has 1 aromatic carbocycles. The van der Waals surface area contributed by atoms with E-state index in [0.717, 1.165) is 22.2 Å². The fraction of sp³-hybridized carbons (Fsp3) is 0.400. The van der Waals surface area contributed by atoms with E-state index in [9.17, 15) is 15.0 Å². The van der Waals surface area contributed by atoms with Crippen LogP contribution in [-0.4, -0.2) is 27.3 Å². The molecule has 2 rings (SSSR count). The summed E-state index contributed by atoms with van der Waals surface area (Å²) < 4.78 is 1.98. The number of aliphatic carboxylic acids is 1. The summed E-state index contributed by atoms with van der Waals surface area (Å²) in [5, 5.41) is 19.9. The zero-order valence-corrected chi connectivity index (χ0v) is 11.8. The molecular weight excluding hydrogens is 256 g/mol. The van der Waals surface area contributed by atoms with E-state index in [-0.39, 0.29) is 5.75 Å². The van der Waals surface area contributed by atoms with Gasteiger partial charge in [0.05, 0.1) is 11.4 Å². The molecule has 108 valence electrons. The summed E-state index contributed by atoms with van der Waals surface area (Å²) in [6.45, 7) is 2.33. The molecule has 2 aromatic rings. The highest BCUT2D eigenvalue weighted by Gasteiger charge is 2.21. The Bertz CT molecular complexity index is 646. The molecule has 0 radical (unpaired) electrons. The van der Waals surface area contributed by atoms with E-state index in [2.05, 4.69) is 0 Å². The van der Waals surface area contributed by atoms with Gasteiger partial charge in [0, 0.05) is 24.2 Å². The number of rotatable bonds is 5. The number of nitrogens with two attached hydrogens (primary N) is 1. The van der Waals surface area contributed by atoms with Gasteiger partial charge < -0.3 is 20.5 Å². The number of carboxylic acids is 1. The van der Waals surface area contributed by atoms with Crippen molar-refractivity contribution in [2.75, 3.05) is 6.54 Å². The molecule has 5 heteroatoms. The number of carbonyl (C=O) groups is 1. The van der Waals surface area contributed by atoms with Gasteiger partial charge in [0.25, 0.3) is 0 Å². The average molecular weight is 276 g/mol. The summed E-state index contributed by atoms with van der Waals surface area (Å²) in [4.78, 5) is 11.3. The second-order valence-electron chi connectivity index (χ2n) is 5.14. The fourth-order valence-electron chi connectivity index (χ4n) is 2.65. The van der Waals surface area contributed by atoms with E-state index < -0.39 is 11.9 Å². The van der Waals surface area contributed by atoms with Crippen LogP contribution in [0.15, 0.2) is 18.2 Å². The SMILES string of the molecule is Cc1c(CC(CCN)C(=O)O)c2ccc(O)cc2n1C. The molecule has 1 unspecified atom stereocenters. The molecule has 1 aromatic heterocycles. The first-order valence-electron chi connectivity index (χ1n) is 6.65. The van der Waals surface area contributed by atoms with Gasteiger partial charge in [-0.05, 0) is 44.0 Å². The van der Waals surface area contributed by atoms with Crippen molar-refractivity contribution in [1.82, 2.24) is 4.57 Å². The third-order valence-electron chi connectivity index (χ3n) is 3.92. The van der Waals surface area contributed by atoms with Gasteiger partial charge in [0.15, 0.2) is 0 Å². The van der Waals surface area contributed by atoms with Crippen LogP contribution in [-0.2, 0) is 18.3 Å². The number of phenols is 1. The van der Waals surface area contributed by atoms with Crippen LogP contribution in [0.3, 0.4) is 0 Å². The number of nitrogens with zero attached hydrogens (tertiary/aromatic N) is 1. The maximum Gasteiger partial charge on any atom is 0.306 e. The third-order valence-corrected chi connectivity index (χ3v) is 3.92. The number of aryl methyl sites for hydroxylation is 1. The normalized spacial score (nSPS) is 12.8. The monoisotopic (exact) mass is 276 g/mol. The minimum atomic E-state index is -0.814. The van der Waals surface area contributed by atoms with Crippen molar-refractivity contribution >= 4 is 16.9 Å². The summed E-state index contributed by atoms with van der Waals surface area (Å²) in [6.07, 6.45) is 0.920. The molecule has 1 atom stereocenters. The molecular formula is C15H20N2O3. The van der Waals surface area contributed by atoms with Gasteiger partial charge in [-0.25, -0.2) is 0 Å². The van der Waals surface area contributed by atoms with Crippen LogP contribution in [0.4, 0.5) is 0 Å². The topological polar surface area (TPSA) is 88.5 Å². The van der Waals surface area contributed by atoms with E-state index in [1.165, 1.54) is 0 Å². The van der Waals surface area contributed by atoms with Crippen LogP contribution in [0, 0.1) is 12.8 Å². The molecule has 0 spiro atoms. The molecule has 0 aliphatic carbocycles. The second-order valence-corrected chi connectivity index (χ2v) is 5.14. The lowest BCUT2D eigenvalue weighted by atomic mass is 9.94. The fourth-order valence-corrected chi connectivity index (χ4v) is 2.65. The summed E-state index contributed by atoms with van der Waals surface area (Å²) in [6, 6.07) is 5.17. The number of aromatic nitrogens is 1. The minimum absolute atomic E-state index is 0.210. The predicted molar refractivity (Wildman–Crippen MR) is 77.8 cm³/mol. The first kappa shape index (κ1) is 14.4. The molecule has 0 aliphatic rings. The highest BCUT2D eigenvalue weighted by molar-refractivity contribution is 5.87. The summed E-state index contributed by atoms with van der Waals surface area (Å²) in [5.41, 5.74) is 8.45. The molecule has 0 fully saturated rings. The van der Waals surface area contributed by atoms with Gasteiger partial charge in [-0.15, -0.1) is 0 Å². The zero-order chi connectivity index (χ0) is 14.9. The molecule has 0 aliphatic heterocycles. The highest BCUT2D eigenvalue weighted by atomic mass is 16.4. The van der Waals surface area contributed by atoms with Crippen molar-refractivity contribution in [2.45, 2.75) is 19.8 Å². The zero-order valence-electron chi connectivity index (χ0n) is 11.8. The van der Waals surface area contributed by atoms with Gasteiger partial charge in [-0.1, -0.05) is 0 Å². The van der Waals surface area contributed by atoms with Gasteiger partial charge in [0.2, 0.25) is 0 Å². The maximum atomic E-state index is 11.3. The van der Waals surface area contributed by atoms with E-state index in [0.29, 0.717) is 19.4 Å². The number of carboxylic acid groups (broad SMARTS) is 1. The van der Waals surface area contributed by atoms with Crippen molar-refractivity contribution < 1.29 is 15.0 Å². The van der Waals surface area contributed by atoms with Crippen molar-refractivity contribution in [2.24, 2.45) is 18.7 Å². The molecule has 0 bridgehead atoms. The Kier molecular flexibility index (Phi) is 3.99. The number of aromatic hydroxyl groups is 1. The maximum absolute atomic E-state index is 11.3. The standard InChI is InChI=1S/C15H20N2O3/c1-9-13(7-10(5-6-16)15(19)20)12-4-3-11(18)8-14(12)17(9)2/h3-4,8,10,18H,5-7,16H2,1-2H3,(H,19,20). The number of phenolic OH excluding ortho intramolecular Hbond substituents is 1. The van der Waals surface area contributed by atoms with E-state index >= 15 is 0 Å². The molecule has 1 heterocycles. The van der Waals surface area contributed by atoms with Crippen LogP contribution in [0.1, 0.15) is 17.7 Å². The third kappa shape index (κ3) is 2.49. The molecule has 0 amide bonds. The van der Waals surface area contributed by atoms with Gasteiger partial charge in [-0.2, -0.15) is 0 Å². The van der Waals surface area contributed by atoms with E-state index in [1.54, 1.807) is 12.1 Å². The molecule has 4 N–H and O–H groups in total. The Morgan fingerprint density at radius 3 is 2.75 bits per heavy atom. The summed E-state index contributed by atoms with van der Waals surface area (Å²) in [5.74, 6) is -1.08. The second kappa shape index (κ2) is 5.54. The lowest BCUT2D eigenvalue weighted by Crippen LogP contribution is -2.20. The molecule has 20 heavy (non-hydrogen) atoms. The van der Waals surface area contributed by atoms with Crippen LogP contribution in [0.25, 0.3) is 10.9 Å². The quantitative estimate of drug-likeness (QED) is 0.776. The van der Waals surface area contributed by atoms with Crippen molar-refractivity contribution in [1.29, 1.82) is 0 Å².